The second kappa shape index (κ2) is 8.11. The van der Waals surface area contributed by atoms with Gasteiger partial charge >= 0.3 is 17.9 Å². The number of esters is 1. The molecule has 0 saturated carbocycles. The van der Waals surface area contributed by atoms with Crippen LogP contribution in [0.15, 0.2) is 24.3 Å². The third-order valence-corrected chi connectivity index (χ3v) is 3.57. The van der Waals surface area contributed by atoms with E-state index < -0.39 is 41.9 Å². The number of carboxylic acid groups (broad SMARTS) is 2. The van der Waals surface area contributed by atoms with Crippen molar-refractivity contribution < 1.29 is 29.3 Å². The van der Waals surface area contributed by atoms with Gasteiger partial charge in [0.2, 0.25) is 5.54 Å². The molecule has 1 unspecified atom stereocenters. The highest BCUT2D eigenvalue weighted by Crippen LogP contribution is 2.18. The molecule has 2 rings (SSSR count). The lowest BCUT2D eigenvalue weighted by molar-refractivity contribution is -0.169. The Bertz CT molecular complexity index is 630. The van der Waals surface area contributed by atoms with Gasteiger partial charge in [-0.3, -0.25) is 4.79 Å². The van der Waals surface area contributed by atoms with Crippen molar-refractivity contribution in [3.63, 3.8) is 0 Å². The van der Waals surface area contributed by atoms with Gasteiger partial charge in [0.1, 0.15) is 5.60 Å². The number of aryl methyl sites for hydroxylation is 2. The zero-order valence-corrected chi connectivity index (χ0v) is 14.7. The molecular weight excluding hydrogens is 326 g/mol. The molecule has 0 fully saturated rings. The summed E-state index contributed by atoms with van der Waals surface area (Å²) < 4.78 is 4.86. The molecule has 138 valence electrons. The smallest absolute Gasteiger partial charge is 0.338 e. The summed E-state index contributed by atoms with van der Waals surface area (Å²) in [5, 5.41) is 17.4. The van der Waals surface area contributed by atoms with Gasteiger partial charge in [-0.05, 0) is 51.2 Å². The summed E-state index contributed by atoms with van der Waals surface area (Å²) in [6.07, 6.45) is 1.49. The molecule has 7 heteroatoms. The van der Waals surface area contributed by atoms with Crippen molar-refractivity contribution in [3.05, 3.63) is 35.4 Å². The van der Waals surface area contributed by atoms with E-state index in [0.717, 1.165) is 0 Å². The van der Waals surface area contributed by atoms with E-state index in [1.54, 1.807) is 20.8 Å². The largest absolute Gasteiger partial charge is 0.481 e. The van der Waals surface area contributed by atoms with E-state index in [2.05, 4.69) is 24.3 Å². The molecule has 0 spiro atoms. The molecule has 7 nitrogen and oxygen atoms in total. The summed E-state index contributed by atoms with van der Waals surface area (Å²) in [6.45, 7) is 4.68. The number of hydrogen-bond donors (Lipinski definition) is 3. The Morgan fingerprint density at radius 2 is 1.64 bits per heavy atom. The Labute approximate surface area is 146 Å². The molecule has 0 saturated heterocycles. The Kier molecular flexibility index (Phi) is 6.70. The Hall–Kier alpha value is -2.41. The quantitative estimate of drug-likeness (QED) is 0.545. The first-order valence-electron chi connectivity index (χ1n) is 7.99. The number of benzene rings is 1. The lowest BCUT2D eigenvalue weighted by Gasteiger charge is -2.27. The number of hydrogen-bond acceptors (Lipinski definition) is 5. The number of ether oxygens (including phenoxy) is 1. The van der Waals surface area contributed by atoms with Gasteiger partial charge in [-0.15, -0.1) is 0 Å². The Balaban J connectivity index is 0.000000316. The van der Waals surface area contributed by atoms with E-state index in [1.807, 2.05) is 0 Å². The molecule has 1 aromatic rings. The van der Waals surface area contributed by atoms with E-state index in [1.165, 1.54) is 24.0 Å². The van der Waals surface area contributed by atoms with Crippen LogP contribution in [0.5, 0.6) is 0 Å². The average molecular weight is 351 g/mol. The molecule has 0 heterocycles. The van der Waals surface area contributed by atoms with Crippen LogP contribution in [0, 0.1) is 0 Å². The number of rotatable bonds is 5. The van der Waals surface area contributed by atoms with Crippen LogP contribution in [-0.2, 0) is 32.0 Å². The van der Waals surface area contributed by atoms with Gasteiger partial charge in [-0.2, -0.15) is 0 Å². The van der Waals surface area contributed by atoms with Crippen LogP contribution in [0.2, 0.25) is 0 Å². The van der Waals surface area contributed by atoms with Gasteiger partial charge in [-0.25, -0.2) is 9.59 Å². The highest BCUT2D eigenvalue weighted by molar-refractivity contribution is 6.04. The third kappa shape index (κ3) is 6.54. The van der Waals surface area contributed by atoms with E-state index in [-0.39, 0.29) is 0 Å². The van der Waals surface area contributed by atoms with Crippen molar-refractivity contribution in [2.24, 2.45) is 5.73 Å². The summed E-state index contributed by atoms with van der Waals surface area (Å²) in [6, 6.07) is 8.80. The van der Waals surface area contributed by atoms with Gasteiger partial charge in [0, 0.05) is 6.42 Å². The SMILES string of the molecule is CC(C)(C)OC(=O)C(N)(CCC(=O)O)C(=O)O.c1cc2cc(c1)CC2. The maximum Gasteiger partial charge on any atom is 0.338 e. The number of carbonyl (C=O) groups excluding carboxylic acids is 1. The first-order chi connectivity index (χ1) is 11.4. The molecular formula is C18H25NO6. The van der Waals surface area contributed by atoms with Crippen LogP contribution < -0.4 is 5.73 Å². The van der Waals surface area contributed by atoms with E-state index in [9.17, 15) is 14.4 Å². The summed E-state index contributed by atoms with van der Waals surface area (Å²) in [4.78, 5) is 32.9. The Morgan fingerprint density at radius 1 is 1.12 bits per heavy atom. The second-order valence-electron chi connectivity index (χ2n) is 6.99. The highest BCUT2D eigenvalue weighted by Gasteiger charge is 2.45. The summed E-state index contributed by atoms with van der Waals surface area (Å²) in [5.41, 5.74) is 5.19. The summed E-state index contributed by atoms with van der Waals surface area (Å²) in [7, 11) is 0. The molecule has 1 aliphatic carbocycles. The lowest BCUT2D eigenvalue weighted by Crippen LogP contribution is -2.57. The van der Waals surface area contributed by atoms with Crippen LogP contribution >= 0.6 is 0 Å². The molecule has 1 atom stereocenters. The van der Waals surface area contributed by atoms with Crippen LogP contribution in [-0.4, -0.2) is 39.3 Å². The van der Waals surface area contributed by atoms with Gasteiger partial charge < -0.3 is 20.7 Å². The molecule has 0 radical (unpaired) electrons. The van der Waals surface area contributed by atoms with Gasteiger partial charge in [0.05, 0.1) is 0 Å². The second-order valence-corrected chi connectivity index (χ2v) is 6.99. The van der Waals surface area contributed by atoms with E-state index in [0.29, 0.717) is 0 Å². The molecule has 0 aromatic heterocycles. The normalized spacial score (nSPS) is 14.7. The lowest BCUT2D eigenvalue weighted by atomic mass is 9.94. The van der Waals surface area contributed by atoms with E-state index in [4.69, 9.17) is 20.7 Å². The maximum atomic E-state index is 11.6. The first kappa shape index (κ1) is 20.6. The third-order valence-electron chi connectivity index (χ3n) is 3.57. The number of carbonyl (C=O) groups is 3. The van der Waals surface area contributed by atoms with Crippen LogP contribution in [0.1, 0.15) is 44.7 Å². The summed E-state index contributed by atoms with van der Waals surface area (Å²) >= 11 is 0. The molecule has 0 aliphatic heterocycles. The molecule has 25 heavy (non-hydrogen) atoms. The van der Waals surface area contributed by atoms with Crippen molar-refractivity contribution in [3.8, 4) is 0 Å². The van der Waals surface area contributed by atoms with Gasteiger partial charge in [-0.1, -0.05) is 24.3 Å². The minimum absolute atomic E-state index is 0.521. The minimum Gasteiger partial charge on any atom is -0.481 e. The minimum atomic E-state index is -2.33. The maximum absolute atomic E-state index is 11.6. The van der Waals surface area contributed by atoms with Crippen molar-refractivity contribution in [1.29, 1.82) is 0 Å². The zero-order chi connectivity index (χ0) is 19.3. The molecule has 1 aromatic carbocycles. The molecule has 1 aliphatic rings. The first-order valence-corrected chi connectivity index (χ1v) is 7.99. The number of carboxylic acids is 2. The van der Waals surface area contributed by atoms with Crippen molar-refractivity contribution >= 4 is 17.9 Å². The van der Waals surface area contributed by atoms with Crippen molar-refractivity contribution in [2.45, 2.75) is 57.6 Å². The van der Waals surface area contributed by atoms with Crippen LogP contribution in [0.3, 0.4) is 0 Å². The zero-order valence-electron chi connectivity index (χ0n) is 14.7. The Morgan fingerprint density at radius 3 is 2.00 bits per heavy atom. The average Bonchev–Trinajstić information content (AvgIpc) is 2.81. The van der Waals surface area contributed by atoms with Crippen molar-refractivity contribution in [1.82, 2.24) is 0 Å². The van der Waals surface area contributed by atoms with Crippen LogP contribution in [0.4, 0.5) is 0 Å². The topological polar surface area (TPSA) is 127 Å². The predicted octanol–water partition coefficient (Wildman–Crippen LogP) is 1.76. The molecule has 0 amide bonds. The fourth-order valence-corrected chi connectivity index (χ4v) is 2.20. The summed E-state index contributed by atoms with van der Waals surface area (Å²) in [5.74, 6) is -3.98. The fraction of sp³-hybridized carbons (Fsp3) is 0.500. The molecule has 4 N–H and O–H groups in total. The fourth-order valence-electron chi connectivity index (χ4n) is 2.20. The van der Waals surface area contributed by atoms with E-state index >= 15 is 0 Å². The predicted molar refractivity (Wildman–Crippen MR) is 91.1 cm³/mol. The number of fused-ring (bicyclic) bond motifs is 2. The van der Waals surface area contributed by atoms with Crippen LogP contribution in [0.25, 0.3) is 0 Å². The number of nitrogens with two attached hydrogens (primary N) is 1. The standard InChI is InChI=1S/C10H17NO6.C8H8/c1-9(2,3)17-8(16)10(11,7(14)15)5-4-6(12)13;1-2-7-4-5-8(3-1)6-7/h4-5,11H2,1-3H3,(H,12,13)(H,14,15);1-3,6H,4-5H2. The monoisotopic (exact) mass is 351 g/mol. The highest BCUT2D eigenvalue weighted by atomic mass is 16.6. The van der Waals surface area contributed by atoms with Crippen molar-refractivity contribution in [2.75, 3.05) is 0 Å². The molecule has 2 bridgehead atoms. The van der Waals surface area contributed by atoms with Gasteiger partial charge in [0.15, 0.2) is 0 Å². The van der Waals surface area contributed by atoms with Gasteiger partial charge in [0.25, 0.3) is 0 Å². The number of aliphatic carboxylic acids is 2.